The zero-order valence-electron chi connectivity index (χ0n) is 10.4. The SMILES string of the molecule is CCNC(c1cnn(-c2ccccc2)c1)C(F)(F)F. The van der Waals surface area contributed by atoms with Crippen molar-refractivity contribution in [2.75, 3.05) is 6.54 Å². The smallest absolute Gasteiger partial charge is 0.303 e. The average Bonchev–Trinajstić information content (AvgIpc) is 2.84. The molecular weight excluding hydrogens is 255 g/mol. The van der Waals surface area contributed by atoms with Crippen LogP contribution in [0.4, 0.5) is 13.2 Å². The van der Waals surface area contributed by atoms with Crippen LogP contribution in [0.3, 0.4) is 0 Å². The molecule has 0 spiro atoms. The fourth-order valence-corrected chi connectivity index (χ4v) is 1.83. The van der Waals surface area contributed by atoms with Gasteiger partial charge >= 0.3 is 6.18 Å². The molecule has 1 heterocycles. The normalized spacial score (nSPS) is 13.5. The van der Waals surface area contributed by atoms with Gasteiger partial charge in [-0.2, -0.15) is 18.3 Å². The monoisotopic (exact) mass is 269 g/mol. The van der Waals surface area contributed by atoms with E-state index in [-0.39, 0.29) is 12.1 Å². The maximum Gasteiger partial charge on any atom is 0.408 e. The van der Waals surface area contributed by atoms with Crippen LogP contribution < -0.4 is 5.32 Å². The Bertz CT molecular complexity index is 519. The summed E-state index contributed by atoms with van der Waals surface area (Å²) in [5.41, 5.74) is 0.837. The van der Waals surface area contributed by atoms with E-state index in [9.17, 15) is 13.2 Å². The molecule has 19 heavy (non-hydrogen) atoms. The second-order valence-electron chi connectivity index (χ2n) is 4.09. The number of alkyl halides is 3. The van der Waals surface area contributed by atoms with Gasteiger partial charge in [0.05, 0.1) is 11.9 Å². The summed E-state index contributed by atoms with van der Waals surface area (Å²) < 4.78 is 40.2. The van der Waals surface area contributed by atoms with Crippen molar-refractivity contribution in [1.29, 1.82) is 0 Å². The second-order valence-corrected chi connectivity index (χ2v) is 4.09. The highest BCUT2D eigenvalue weighted by molar-refractivity contribution is 5.31. The fraction of sp³-hybridized carbons (Fsp3) is 0.308. The third-order valence-electron chi connectivity index (χ3n) is 2.69. The Balaban J connectivity index is 2.29. The molecule has 0 radical (unpaired) electrons. The molecule has 102 valence electrons. The summed E-state index contributed by atoms with van der Waals surface area (Å²) in [5, 5.41) is 6.41. The topological polar surface area (TPSA) is 29.9 Å². The number of benzene rings is 1. The van der Waals surface area contributed by atoms with Crippen LogP contribution >= 0.6 is 0 Å². The number of hydrogen-bond acceptors (Lipinski definition) is 2. The lowest BCUT2D eigenvalue weighted by atomic mass is 10.1. The minimum Gasteiger partial charge on any atom is -0.303 e. The van der Waals surface area contributed by atoms with Crippen molar-refractivity contribution in [3.8, 4) is 5.69 Å². The van der Waals surface area contributed by atoms with E-state index in [1.54, 1.807) is 19.1 Å². The highest BCUT2D eigenvalue weighted by atomic mass is 19.4. The second kappa shape index (κ2) is 5.44. The number of hydrogen-bond donors (Lipinski definition) is 1. The van der Waals surface area contributed by atoms with Crippen LogP contribution in [0.15, 0.2) is 42.7 Å². The Kier molecular flexibility index (Phi) is 3.90. The molecule has 0 aliphatic heterocycles. The predicted octanol–water partition coefficient (Wildman–Crippen LogP) is 3.09. The van der Waals surface area contributed by atoms with Crippen LogP contribution in [0.1, 0.15) is 18.5 Å². The minimum atomic E-state index is -4.33. The molecule has 3 nitrogen and oxygen atoms in total. The van der Waals surface area contributed by atoms with Gasteiger partial charge in [-0.05, 0) is 18.7 Å². The summed E-state index contributed by atoms with van der Waals surface area (Å²) in [6.45, 7) is 1.88. The molecule has 2 rings (SSSR count). The van der Waals surface area contributed by atoms with E-state index in [0.717, 1.165) is 5.69 Å². The summed E-state index contributed by atoms with van der Waals surface area (Å²) >= 11 is 0. The molecular formula is C13H14F3N3. The maximum absolute atomic E-state index is 12.9. The van der Waals surface area contributed by atoms with Crippen LogP contribution in [0.2, 0.25) is 0 Å². The highest BCUT2D eigenvalue weighted by Gasteiger charge is 2.40. The van der Waals surface area contributed by atoms with Gasteiger partial charge in [-0.25, -0.2) is 4.68 Å². The standard InChI is InChI=1S/C13H14F3N3/c1-2-17-12(13(14,15)16)10-8-18-19(9-10)11-6-4-3-5-7-11/h3-9,12,17H,2H2,1H3. The van der Waals surface area contributed by atoms with Crippen molar-refractivity contribution in [2.24, 2.45) is 0 Å². The molecule has 6 heteroatoms. The molecule has 1 aromatic heterocycles. The molecule has 0 saturated heterocycles. The molecule has 0 amide bonds. The molecule has 1 atom stereocenters. The third-order valence-corrected chi connectivity index (χ3v) is 2.69. The van der Waals surface area contributed by atoms with Gasteiger partial charge < -0.3 is 5.32 Å². The van der Waals surface area contributed by atoms with Gasteiger partial charge in [0.2, 0.25) is 0 Å². The summed E-state index contributed by atoms with van der Waals surface area (Å²) in [7, 11) is 0. The van der Waals surface area contributed by atoms with Crippen molar-refractivity contribution < 1.29 is 13.2 Å². The zero-order chi connectivity index (χ0) is 13.9. The Morgan fingerprint density at radius 1 is 1.26 bits per heavy atom. The molecule has 0 aliphatic rings. The van der Waals surface area contributed by atoms with E-state index < -0.39 is 12.2 Å². The van der Waals surface area contributed by atoms with Gasteiger partial charge in [0.15, 0.2) is 0 Å². The van der Waals surface area contributed by atoms with Gasteiger partial charge in [-0.1, -0.05) is 25.1 Å². The number of aromatic nitrogens is 2. The highest BCUT2D eigenvalue weighted by Crippen LogP contribution is 2.32. The van der Waals surface area contributed by atoms with E-state index >= 15 is 0 Å². The van der Waals surface area contributed by atoms with Gasteiger partial charge in [0.1, 0.15) is 6.04 Å². The lowest BCUT2D eigenvalue weighted by molar-refractivity contribution is -0.157. The first-order valence-corrected chi connectivity index (χ1v) is 5.92. The van der Waals surface area contributed by atoms with Crippen LogP contribution in [0.25, 0.3) is 5.69 Å². The molecule has 0 bridgehead atoms. The molecule has 1 aromatic carbocycles. The summed E-state index contributed by atoms with van der Waals surface area (Å²) in [6.07, 6.45) is -1.69. The van der Waals surface area contributed by atoms with Crippen molar-refractivity contribution in [3.05, 3.63) is 48.3 Å². The summed E-state index contributed by atoms with van der Waals surface area (Å²) in [6, 6.07) is 7.34. The molecule has 0 fully saturated rings. The van der Waals surface area contributed by atoms with Gasteiger partial charge in [-0.3, -0.25) is 0 Å². The molecule has 2 aromatic rings. The predicted molar refractivity (Wildman–Crippen MR) is 66.0 cm³/mol. The van der Waals surface area contributed by atoms with Crippen molar-refractivity contribution >= 4 is 0 Å². The Labute approximate surface area is 109 Å². The first-order valence-electron chi connectivity index (χ1n) is 5.92. The number of para-hydroxylation sites is 1. The van der Waals surface area contributed by atoms with Crippen LogP contribution in [0, 0.1) is 0 Å². The molecule has 0 saturated carbocycles. The first kappa shape index (κ1) is 13.6. The third kappa shape index (κ3) is 3.14. The Morgan fingerprint density at radius 2 is 1.95 bits per heavy atom. The zero-order valence-corrected chi connectivity index (χ0v) is 10.4. The first-order chi connectivity index (χ1) is 9.02. The van der Waals surface area contributed by atoms with Crippen LogP contribution in [-0.2, 0) is 0 Å². The van der Waals surface area contributed by atoms with E-state index in [2.05, 4.69) is 10.4 Å². The lowest BCUT2D eigenvalue weighted by Crippen LogP contribution is -2.33. The van der Waals surface area contributed by atoms with E-state index in [0.29, 0.717) is 0 Å². The largest absolute Gasteiger partial charge is 0.408 e. The number of nitrogens with zero attached hydrogens (tertiary/aromatic N) is 2. The average molecular weight is 269 g/mol. The molecule has 1 unspecified atom stereocenters. The Hall–Kier alpha value is -1.82. The fourth-order valence-electron chi connectivity index (χ4n) is 1.83. The van der Waals surface area contributed by atoms with Crippen molar-refractivity contribution in [2.45, 2.75) is 19.1 Å². The van der Waals surface area contributed by atoms with Crippen LogP contribution in [0.5, 0.6) is 0 Å². The number of rotatable bonds is 4. The maximum atomic E-state index is 12.9. The van der Waals surface area contributed by atoms with Crippen molar-refractivity contribution in [1.82, 2.24) is 15.1 Å². The summed E-state index contributed by atoms with van der Waals surface area (Å²) in [4.78, 5) is 0. The number of nitrogens with one attached hydrogen (secondary N) is 1. The van der Waals surface area contributed by atoms with Gasteiger partial charge in [-0.15, -0.1) is 0 Å². The summed E-state index contributed by atoms with van der Waals surface area (Å²) in [5.74, 6) is 0. The molecule has 1 N–H and O–H groups in total. The van der Waals surface area contributed by atoms with Crippen LogP contribution in [-0.4, -0.2) is 22.5 Å². The van der Waals surface area contributed by atoms with E-state index in [1.165, 1.54) is 17.1 Å². The van der Waals surface area contributed by atoms with Gasteiger partial charge in [0.25, 0.3) is 0 Å². The molecule has 0 aliphatic carbocycles. The van der Waals surface area contributed by atoms with E-state index in [4.69, 9.17) is 0 Å². The van der Waals surface area contributed by atoms with E-state index in [1.807, 2.05) is 18.2 Å². The number of halogens is 3. The Morgan fingerprint density at radius 3 is 2.53 bits per heavy atom. The lowest BCUT2D eigenvalue weighted by Gasteiger charge is -2.19. The van der Waals surface area contributed by atoms with Gasteiger partial charge in [0, 0.05) is 11.8 Å². The van der Waals surface area contributed by atoms with Crippen molar-refractivity contribution in [3.63, 3.8) is 0 Å². The quantitative estimate of drug-likeness (QED) is 0.924. The minimum absolute atomic E-state index is 0.109.